The summed E-state index contributed by atoms with van der Waals surface area (Å²) in [5.41, 5.74) is 2.48. The van der Waals surface area contributed by atoms with Gasteiger partial charge in [-0.3, -0.25) is 9.48 Å². The number of nitrogens with zero attached hydrogens (tertiary/aromatic N) is 3. The Morgan fingerprint density at radius 2 is 1.91 bits per heavy atom. The predicted octanol–water partition coefficient (Wildman–Crippen LogP) is 4.78. The van der Waals surface area contributed by atoms with E-state index in [4.69, 9.17) is 0 Å². The number of benzene rings is 2. The van der Waals surface area contributed by atoms with Crippen LogP contribution in [0.25, 0.3) is 10.9 Å². The number of hydrogen-bond acceptors (Lipinski definition) is 3. The van der Waals surface area contributed by atoms with Gasteiger partial charge in [0, 0.05) is 43.1 Å². The van der Waals surface area contributed by atoms with Crippen molar-refractivity contribution in [3.05, 3.63) is 64.9 Å². The molecule has 3 aromatic rings. The molecule has 0 bridgehead atoms. The number of nitrogens with one attached hydrogen (secondary N) is 1. The maximum Gasteiger partial charge on any atom is 0.251 e. The summed E-state index contributed by atoms with van der Waals surface area (Å²) in [6.07, 6.45) is 8.26. The van der Waals surface area contributed by atoms with E-state index in [1.54, 1.807) is 0 Å². The Morgan fingerprint density at radius 1 is 1.12 bits per heavy atom. The average molecular weight is 455 g/mol. The summed E-state index contributed by atoms with van der Waals surface area (Å²) in [5, 5.41) is 8.51. The van der Waals surface area contributed by atoms with Crippen LogP contribution in [0.2, 0.25) is 0 Å². The molecule has 1 aromatic heterocycles. The molecule has 1 amide bonds. The zero-order chi connectivity index (χ0) is 23.4. The molecule has 1 N–H and O–H groups in total. The summed E-state index contributed by atoms with van der Waals surface area (Å²) >= 11 is 0. The SMILES string of the molecule is CN(C)CCNC(=O)c1cc2c(cnn2CC2CCCCC2)cc1Cc1ccc(F)cc1F. The summed E-state index contributed by atoms with van der Waals surface area (Å²) in [6, 6.07) is 7.37. The van der Waals surface area contributed by atoms with Crippen LogP contribution in [0.4, 0.5) is 8.78 Å². The number of fused-ring (bicyclic) bond motifs is 1. The lowest BCUT2D eigenvalue weighted by Gasteiger charge is -2.22. The molecule has 0 spiro atoms. The minimum absolute atomic E-state index is 0.193. The molecule has 33 heavy (non-hydrogen) atoms. The second-order valence-electron chi connectivity index (χ2n) is 9.37. The third-order valence-electron chi connectivity index (χ3n) is 6.51. The largest absolute Gasteiger partial charge is 0.351 e. The second-order valence-corrected chi connectivity index (χ2v) is 9.37. The second kappa shape index (κ2) is 10.4. The number of carbonyl (C=O) groups excluding carboxylic acids is 1. The molecule has 7 heteroatoms. The molecule has 1 fully saturated rings. The third-order valence-corrected chi connectivity index (χ3v) is 6.51. The highest BCUT2D eigenvalue weighted by atomic mass is 19.1. The van der Waals surface area contributed by atoms with Gasteiger partial charge in [-0.2, -0.15) is 5.10 Å². The molecular weight excluding hydrogens is 422 g/mol. The maximum atomic E-state index is 14.4. The fourth-order valence-electron chi connectivity index (χ4n) is 4.65. The van der Waals surface area contributed by atoms with E-state index in [0.29, 0.717) is 29.2 Å². The van der Waals surface area contributed by atoms with Crippen LogP contribution in [-0.4, -0.2) is 47.8 Å². The van der Waals surface area contributed by atoms with E-state index in [9.17, 15) is 13.6 Å². The average Bonchev–Trinajstić information content (AvgIpc) is 3.17. The van der Waals surface area contributed by atoms with Crippen molar-refractivity contribution in [2.75, 3.05) is 27.2 Å². The summed E-state index contributed by atoms with van der Waals surface area (Å²) in [7, 11) is 3.90. The molecule has 1 saturated carbocycles. The number of rotatable bonds is 8. The van der Waals surface area contributed by atoms with Gasteiger partial charge in [0.15, 0.2) is 0 Å². The van der Waals surface area contributed by atoms with E-state index in [1.807, 2.05) is 42.0 Å². The zero-order valence-electron chi connectivity index (χ0n) is 19.4. The summed E-state index contributed by atoms with van der Waals surface area (Å²) in [4.78, 5) is 15.1. The van der Waals surface area contributed by atoms with Crippen LogP contribution in [0, 0.1) is 17.6 Å². The van der Waals surface area contributed by atoms with Gasteiger partial charge in [0.1, 0.15) is 11.6 Å². The molecule has 0 atom stereocenters. The van der Waals surface area contributed by atoms with Crippen molar-refractivity contribution in [2.45, 2.75) is 45.1 Å². The highest BCUT2D eigenvalue weighted by molar-refractivity contribution is 5.99. The topological polar surface area (TPSA) is 50.2 Å². The van der Waals surface area contributed by atoms with Crippen LogP contribution < -0.4 is 5.32 Å². The van der Waals surface area contributed by atoms with Crippen molar-refractivity contribution >= 4 is 16.8 Å². The Labute approximate surface area is 193 Å². The number of halogens is 2. The van der Waals surface area contributed by atoms with Gasteiger partial charge in [-0.05, 0) is 62.2 Å². The lowest BCUT2D eigenvalue weighted by Crippen LogP contribution is -2.32. The first-order valence-corrected chi connectivity index (χ1v) is 11.8. The fraction of sp³-hybridized carbons (Fsp3) is 0.462. The lowest BCUT2D eigenvalue weighted by molar-refractivity contribution is 0.0950. The van der Waals surface area contributed by atoms with E-state index in [1.165, 1.54) is 44.2 Å². The summed E-state index contributed by atoms with van der Waals surface area (Å²) < 4.78 is 29.8. The Kier molecular flexibility index (Phi) is 7.38. The van der Waals surface area contributed by atoms with Gasteiger partial charge >= 0.3 is 0 Å². The van der Waals surface area contributed by atoms with Gasteiger partial charge < -0.3 is 10.2 Å². The standard InChI is InChI=1S/C26H32F2N4O/c1-31(2)11-10-29-26(33)23-15-25-21(16-30-32(25)17-18-6-4-3-5-7-18)13-20(23)12-19-8-9-22(27)14-24(19)28/h8-9,13-16,18H,3-7,10-12,17H2,1-2H3,(H,29,33). The molecule has 1 heterocycles. The molecule has 5 nitrogen and oxygen atoms in total. The molecule has 0 radical (unpaired) electrons. The molecule has 4 rings (SSSR count). The number of likely N-dealkylation sites (N-methyl/N-ethyl adjacent to an activating group) is 1. The summed E-state index contributed by atoms with van der Waals surface area (Å²) in [5.74, 6) is -0.812. The monoisotopic (exact) mass is 454 g/mol. The van der Waals surface area contributed by atoms with Gasteiger partial charge in [0.25, 0.3) is 5.91 Å². The zero-order valence-corrected chi connectivity index (χ0v) is 19.4. The molecule has 0 saturated heterocycles. The molecule has 176 valence electrons. The third kappa shape index (κ3) is 5.77. The quantitative estimate of drug-likeness (QED) is 0.533. The normalized spacial score (nSPS) is 14.8. The van der Waals surface area contributed by atoms with E-state index >= 15 is 0 Å². The van der Waals surface area contributed by atoms with E-state index in [2.05, 4.69) is 10.4 Å². The van der Waals surface area contributed by atoms with Crippen LogP contribution in [0.1, 0.15) is 53.6 Å². The highest BCUT2D eigenvalue weighted by Crippen LogP contribution is 2.28. The van der Waals surface area contributed by atoms with E-state index in [0.717, 1.165) is 30.1 Å². The first-order valence-electron chi connectivity index (χ1n) is 11.8. The Hall–Kier alpha value is -2.80. The predicted molar refractivity (Wildman–Crippen MR) is 126 cm³/mol. The fourth-order valence-corrected chi connectivity index (χ4v) is 4.65. The van der Waals surface area contributed by atoms with Crippen LogP contribution in [-0.2, 0) is 13.0 Å². The molecule has 0 unspecified atom stereocenters. The summed E-state index contributed by atoms with van der Waals surface area (Å²) in [6.45, 7) is 2.07. The number of hydrogen-bond donors (Lipinski definition) is 1. The Bertz CT molecular complexity index is 1120. The Morgan fingerprint density at radius 3 is 2.64 bits per heavy atom. The maximum absolute atomic E-state index is 14.4. The highest BCUT2D eigenvalue weighted by Gasteiger charge is 2.19. The number of amides is 1. The Balaban J connectivity index is 1.67. The van der Waals surface area contributed by atoms with Crippen molar-refractivity contribution in [1.29, 1.82) is 0 Å². The van der Waals surface area contributed by atoms with Crippen molar-refractivity contribution in [1.82, 2.24) is 20.0 Å². The molecule has 1 aliphatic rings. The van der Waals surface area contributed by atoms with Gasteiger partial charge in [-0.25, -0.2) is 8.78 Å². The van der Waals surface area contributed by atoms with Crippen LogP contribution in [0.5, 0.6) is 0 Å². The van der Waals surface area contributed by atoms with Gasteiger partial charge in [-0.1, -0.05) is 25.3 Å². The van der Waals surface area contributed by atoms with Gasteiger partial charge in [-0.15, -0.1) is 0 Å². The molecular formula is C26H32F2N4O. The van der Waals surface area contributed by atoms with Crippen molar-refractivity contribution in [3.8, 4) is 0 Å². The van der Waals surface area contributed by atoms with Crippen molar-refractivity contribution in [3.63, 3.8) is 0 Å². The lowest BCUT2D eigenvalue weighted by atomic mass is 9.89. The minimum atomic E-state index is -0.614. The first kappa shape index (κ1) is 23.4. The van der Waals surface area contributed by atoms with E-state index < -0.39 is 11.6 Å². The van der Waals surface area contributed by atoms with Crippen molar-refractivity contribution < 1.29 is 13.6 Å². The van der Waals surface area contributed by atoms with E-state index in [-0.39, 0.29) is 12.3 Å². The van der Waals surface area contributed by atoms with Gasteiger partial charge in [0.2, 0.25) is 0 Å². The molecule has 1 aliphatic carbocycles. The number of carbonyl (C=O) groups is 1. The van der Waals surface area contributed by atoms with Crippen LogP contribution in [0.3, 0.4) is 0 Å². The molecule has 2 aromatic carbocycles. The van der Waals surface area contributed by atoms with Gasteiger partial charge in [0.05, 0.1) is 11.7 Å². The molecule has 0 aliphatic heterocycles. The first-order chi connectivity index (χ1) is 15.9. The smallest absolute Gasteiger partial charge is 0.251 e. The minimum Gasteiger partial charge on any atom is -0.351 e. The van der Waals surface area contributed by atoms with Crippen LogP contribution in [0.15, 0.2) is 36.5 Å². The van der Waals surface area contributed by atoms with Crippen molar-refractivity contribution in [2.24, 2.45) is 5.92 Å². The number of aromatic nitrogens is 2. The van der Waals surface area contributed by atoms with Crippen LogP contribution >= 0.6 is 0 Å².